The number of nitrogens with one attached hydrogen (secondary N) is 2. The molecule has 0 spiro atoms. The Hall–Kier alpha value is -3.10. The molecule has 3 aromatic rings. The predicted octanol–water partition coefficient (Wildman–Crippen LogP) is 3.01. The third-order valence-electron chi connectivity index (χ3n) is 6.47. The van der Waals surface area contributed by atoms with Crippen LogP contribution in [0.2, 0.25) is 0 Å². The number of carbonyl (C=O) groups is 2. The molecule has 0 bridgehead atoms. The summed E-state index contributed by atoms with van der Waals surface area (Å²) in [5.74, 6) is 0.176. The molecule has 2 aromatic carbocycles. The number of pyridine rings is 1. The number of benzene rings is 2. The molecule has 1 saturated carbocycles. The zero-order valence-corrected chi connectivity index (χ0v) is 19.8. The van der Waals surface area contributed by atoms with Gasteiger partial charge < -0.3 is 20.3 Å². The van der Waals surface area contributed by atoms with Gasteiger partial charge in [0.2, 0.25) is 11.8 Å². The van der Waals surface area contributed by atoms with Crippen LogP contribution in [0, 0.1) is 0 Å². The third-order valence-corrected chi connectivity index (χ3v) is 7.57. The summed E-state index contributed by atoms with van der Waals surface area (Å²) in [6, 6.07) is 13.2. The fourth-order valence-corrected chi connectivity index (χ4v) is 5.99. The lowest BCUT2D eigenvalue weighted by Crippen LogP contribution is -2.46. The van der Waals surface area contributed by atoms with E-state index in [1.165, 1.54) is 6.92 Å². The second-order valence-corrected chi connectivity index (χ2v) is 9.98. The number of carbonyl (C=O) groups excluding carboxylic acids is 2. The van der Waals surface area contributed by atoms with Crippen LogP contribution in [-0.4, -0.2) is 39.9 Å². The smallest absolute Gasteiger partial charge is 0.275 e. The fraction of sp³-hybridized carbons (Fsp3) is 0.346. The highest BCUT2D eigenvalue weighted by Crippen LogP contribution is 2.48. The first-order valence-electron chi connectivity index (χ1n) is 11.6. The Balaban J connectivity index is 1.65. The van der Waals surface area contributed by atoms with Crippen LogP contribution in [0.4, 0.5) is 5.69 Å². The van der Waals surface area contributed by atoms with Crippen molar-refractivity contribution in [3.63, 3.8) is 0 Å². The Bertz CT molecular complexity index is 1340. The number of fused-ring (bicyclic) bond motifs is 2. The standard InChI is InChI=1S/C26H27N3O4S/c1-15(31)27-21(14-30)24(32)28-23-20(13-18-7-4-6-16-5-2-3-8-19(16)18)22(17-9-10-17)26-29(25(23)33)11-12-34-26/h2-8,17,21,30H,9-14H2,1H3,(H,27,31)(H,28,32)/t21-/m1/s1. The van der Waals surface area contributed by atoms with E-state index in [-0.39, 0.29) is 11.2 Å². The van der Waals surface area contributed by atoms with Crippen molar-refractivity contribution < 1.29 is 14.7 Å². The molecule has 2 heterocycles. The van der Waals surface area contributed by atoms with E-state index in [0.29, 0.717) is 18.9 Å². The zero-order chi connectivity index (χ0) is 23.8. The third kappa shape index (κ3) is 4.23. The SMILES string of the molecule is CC(=O)N[C@H](CO)C(=O)Nc1c(Cc2cccc3ccccc23)c(C2CC2)c2n(c1=O)CCS2. The van der Waals surface area contributed by atoms with Crippen LogP contribution in [0.5, 0.6) is 0 Å². The maximum Gasteiger partial charge on any atom is 0.275 e. The van der Waals surface area contributed by atoms with Gasteiger partial charge in [-0.2, -0.15) is 0 Å². The summed E-state index contributed by atoms with van der Waals surface area (Å²) in [6.07, 6.45) is 2.63. The number of aliphatic hydroxyl groups excluding tert-OH is 1. The molecule has 1 aromatic heterocycles. The predicted molar refractivity (Wildman–Crippen MR) is 133 cm³/mol. The van der Waals surface area contributed by atoms with E-state index in [0.717, 1.165) is 51.1 Å². The molecule has 1 aliphatic carbocycles. The van der Waals surface area contributed by atoms with E-state index in [4.69, 9.17) is 0 Å². The Labute approximate surface area is 201 Å². The molecule has 0 saturated heterocycles. The second kappa shape index (κ2) is 9.27. The molecule has 3 N–H and O–H groups in total. The van der Waals surface area contributed by atoms with Crippen LogP contribution in [0.3, 0.4) is 0 Å². The lowest BCUT2D eigenvalue weighted by Gasteiger charge is -2.22. The van der Waals surface area contributed by atoms with E-state index in [9.17, 15) is 19.5 Å². The van der Waals surface area contributed by atoms with Crippen molar-refractivity contribution in [1.82, 2.24) is 9.88 Å². The molecule has 8 heteroatoms. The van der Waals surface area contributed by atoms with Gasteiger partial charge in [0.1, 0.15) is 11.7 Å². The molecular weight excluding hydrogens is 450 g/mol. The molecule has 2 aliphatic rings. The van der Waals surface area contributed by atoms with Gasteiger partial charge in [-0.25, -0.2) is 0 Å². The van der Waals surface area contributed by atoms with Crippen molar-refractivity contribution >= 4 is 40.0 Å². The molecule has 1 fully saturated rings. The topological polar surface area (TPSA) is 100 Å². The Morgan fingerprint density at radius 3 is 2.68 bits per heavy atom. The lowest BCUT2D eigenvalue weighted by molar-refractivity contribution is -0.126. The lowest BCUT2D eigenvalue weighted by atomic mass is 9.93. The van der Waals surface area contributed by atoms with E-state index < -0.39 is 24.5 Å². The highest BCUT2D eigenvalue weighted by Gasteiger charge is 2.35. The average molecular weight is 478 g/mol. The maximum absolute atomic E-state index is 13.6. The van der Waals surface area contributed by atoms with Gasteiger partial charge in [-0.15, -0.1) is 11.8 Å². The molecule has 0 radical (unpaired) electrons. The van der Waals surface area contributed by atoms with E-state index in [1.807, 2.05) is 18.2 Å². The minimum Gasteiger partial charge on any atom is -0.394 e. The quantitative estimate of drug-likeness (QED) is 0.486. The number of aromatic nitrogens is 1. The summed E-state index contributed by atoms with van der Waals surface area (Å²) in [6.45, 7) is 1.33. The number of rotatable bonds is 7. The highest BCUT2D eigenvalue weighted by atomic mass is 32.2. The second-order valence-electron chi connectivity index (χ2n) is 8.89. The van der Waals surface area contributed by atoms with Gasteiger partial charge in [0.15, 0.2) is 0 Å². The van der Waals surface area contributed by atoms with Gasteiger partial charge in [-0.05, 0) is 46.2 Å². The minimum absolute atomic E-state index is 0.229. The summed E-state index contributed by atoms with van der Waals surface area (Å²) in [5.41, 5.74) is 3.12. The summed E-state index contributed by atoms with van der Waals surface area (Å²) < 4.78 is 1.77. The summed E-state index contributed by atoms with van der Waals surface area (Å²) in [4.78, 5) is 38.1. The number of nitrogens with zero attached hydrogens (tertiary/aromatic N) is 1. The van der Waals surface area contributed by atoms with Crippen LogP contribution in [0.15, 0.2) is 52.3 Å². The number of amides is 2. The van der Waals surface area contributed by atoms with Crippen LogP contribution < -0.4 is 16.2 Å². The van der Waals surface area contributed by atoms with Crippen LogP contribution in [0.1, 0.15) is 42.4 Å². The highest BCUT2D eigenvalue weighted by molar-refractivity contribution is 7.99. The Morgan fingerprint density at radius 2 is 1.94 bits per heavy atom. The van der Waals surface area contributed by atoms with Crippen LogP contribution >= 0.6 is 11.8 Å². The molecular formula is C26H27N3O4S. The van der Waals surface area contributed by atoms with Crippen LogP contribution in [-0.2, 0) is 22.6 Å². The largest absolute Gasteiger partial charge is 0.394 e. The van der Waals surface area contributed by atoms with Crippen molar-refractivity contribution in [3.8, 4) is 0 Å². The molecule has 176 valence electrons. The molecule has 2 amide bonds. The van der Waals surface area contributed by atoms with E-state index >= 15 is 0 Å². The van der Waals surface area contributed by atoms with Gasteiger partial charge in [0, 0.05) is 25.6 Å². The average Bonchev–Trinajstić information content (AvgIpc) is 3.55. The van der Waals surface area contributed by atoms with E-state index in [1.54, 1.807) is 16.3 Å². The number of hydrogen-bond donors (Lipinski definition) is 3. The first-order chi connectivity index (χ1) is 16.5. The van der Waals surface area contributed by atoms with Crippen molar-refractivity contribution in [2.24, 2.45) is 0 Å². The minimum atomic E-state index is -1.13. The number of aliphatic hydroxyl groups is 1. The molecule has 34 heavy (non-hydrogen) atoms. The fourth-order valence-electron chi connectivity index (χ4n) is 4.75. The van der Waals surface area contributed by atoms with Gasteiger partial charge >= 0.3 is 0 Å². The van der Waals surface area contributed by atoms with Crippen molar-refractivity contribution in [1.29, 1.82) is 0 Å². The molecule has 0 unspecified atom stereocenters. The zero-order valence-electron chi connectivity index (χ0n) is 19.0. The van der Waals surface area contributed by atoms with Crippen LogP contribution in [0.25, 0.3) is 10.8 Å². The van der Waals surface area contributed by atoms with Gasteiger partial charge in [-0.1, -0.05) is 42.5 Å². The monoisotopic (exact) mass is 477 g/mol. The van der Waals surface area contributed by atoms with Crippen molar-refractivity contribution in [3.05, 3.63) is 69.5 Å². The van der Waals surface area contributed by atoms with Crippen molar-refractivity contribution in [2.75, 3.05) is 17.7 Å². The van der Waals surface area contributed by atoms with Gasteiger partial charge in [-0.3, -0.25) is 14.4 Å². The summed E-state index contributed by atoms with van der Waals surface area (Å²) in [7, 11) is 0. The molecule has 5 rings (SSSR count). The molecule has 1 aliphatic heterocycles. The normalized spacial score (nSPS) is 15.7. The number of anilines is 1. The summed E-state index contributed by atoms with van der Waals surface area (Å²) in [5, 5.41) is 18.2. The first kappa shape index (κ1) is 22.7. The van der Waals surface area contributed by atoms with Gasteiger partial charge in [0.05, 0.1) is 11.6 Å². The molecule has 1 atom stereocenters. The number of thioether (sulfide) groups is 1. The first-order valence-corrected chi connectivity index (χ1v) is 12.5. The van der Waals surface area contributed by atoms with Gasteiger partial charge in [0.25, 0.3) is 5.56 Å². The Morgan fingerprint density at radius 1 is 1.18 bits per heavy atom. The maximum atomic E-state index is 13.6. The van der Waals surface area contributed by atoms with E-state index in [2.05, 4.69) is 34.9 Å². The summed E-state index contributed by atoms with van der Waals surface area (Å²) >= 11 is 1.71. The Kier molecular flexibility index (Phi) is 6.18. The molecule has 7 nitrogen and oxygen atoms in total. The van der Waals surface area contributed by atoms with Crippen molar-refractivity contribution in [2.45, 2.75) is 49.7 Å². The number of hydrogen-bond acceptors (Lipinski definition) is 5.